The maximum absolute atomic E-state index is 6.15. The van der Waals surface area contributed by atoms with Crippen molar-refractivity contribution in [3.05, 3.63) is 40.5 Å². The van der Waals surface area contributed by atoms with Gasteiger partial charge in [0.15, 0.2) is 11.6 Å². The largest absolute Gasteiger partial charge is 0.471 e. The van der Waals surface area contributed by atoms with Gasteiger partial charge in [0.1, 0.15) is 12.2 Å². The van der Waals surface area contributed by atoms with Gasteiger partial charge in [0.05, 0.1) is 28.0 Å². The average Bonchev–Trinajstić information content (AvgIpc) is 3.20. The summed E-state index contributed by atoms with van der Waals surface area (Å²) in [7, 11) is 0. The summed E-state index contributed by atoms with van der Waals surface area (Å²) >= 11 is 3.03. The highest BCUT2D eigenvalue weighted by Crippen LogP contribution is 2.45. The predicted octanol–water partition coefficient (Wildman–Crippen LogP) is 4.40. The normalized spacial score (nSPS) is 21.7. The van der Waals surface area contributed by atoms with E-state index in [0.717, 1.165) is 34.0 Å². The molecule has 2 N–H and O–H groups in total. The molecule has 0 unspecified atom stereocenters. The van der Waals surface area contributed by atoms with Crippen molar-refractivity contribution in [2.75, 3.05) is 11.9 Å². The highest BCUT2D eigenvalue weighted by atomic mass is 32.1. The van der Waals surface area contributed by atoms with Gasteiger partial charge in [0, 0.05) is 29.6 Å². The molecule has 1 aliphatic heterocycles. The third-order valence-electron chi connectivity index (χ3n) is 5.26. The smallest absolute Gasteiger partial charge is 0.229 e. The number of thiazole rings is 1. The average molecular weight is 427 g/mol. The molecule has 2 aliphatic rings. The zero-order chi connectivity index (χ0) is 19.2. The molecule has 148 valence electrons. The predicted molar refractivity (Wildman–Crippen MR) is 111 cm³/mol. The first-order valence-corrected chi connectivity index (χ1v) is 11.3. The van der Waals surface area contributed by atoms with Gasteiger partial charge >= 0.3 is 0 Å². The molecule has 2 atom stereocenters. The lowest BCUT2D eigenvalue weighted by molar-refractivity contribution is 0.0910. The van der Waals surface area contributed by atoms with Crippen molar-refractivity contribution in [1.82, 2.24) is 24.5 Å². The summed E-state index contributed by atoms with van der Waals surface area (Å²) in [6.07, 6.45) is 4.93. The Bertz CT molecular complexity index is 1150. The van der Waals surface area contributed by atoms with Gasteiger partial charge in [-0.25, -0.2) is 9.97 Å². The molecule has 0 spiro atoms. The number of aromatic amines is 1. The Labute approximate surface area is 174 Å². The summed E-state index contributed by atoms with van der Waals surface area (Å²) in [5.74, 6) is 2.90. The molecular formula is C19H18N6O2S2. The molecule has 8 nitrogen and oxygen atoms in total. The van der Waals surface area contributed by atoms with Gasteiger partial charge in [-0.1, -0.05) is 0 Å². The second-order valence-corrected chi connectivity index (χ2v) is 8.82. The number of nitrogens with one attached hydrogen (secondary N) is 2. The van der Waals surface area contributed by atoms with Gasteiger partial charge in [-0.3, -0.25) is 5.10 Å². The van der Waals surface area contributed by atoms with Crippen LogP contribution in [0.2, 0.25) is 0 Å². The fourth-order valence-corrected chi connectivity index (χ4v) is 5.04. The Hall–Kier alpha value is -2.56. The molecule has 4 aromatic rings. The van der Waals surface area contributed by atoms with Crippen LogP contribution in [0.1, 0.15) is 42.5 Å². The SMILES string of the molecule is c1cc2ncsc2c(Nc2cc([C@@H]3C[C@H](Oc4nscc4C4CC4)CO3)[nH]n2)n1. The summed E-state index contributed by atoms with van der Waals surface area (Å²) in [5, 5.41) is 12.8. The van der Waals surface area contributed by atoms with Crippen LogP contribution in [0.25, 0.3) is 10.2 Å². The minimum Gasteiger partial charge on any atom is -0.471 e. The van der Waals surface area contributed by atoms with Crippen LogP contribution in [0.15, 0.2) is 29.2 Å². The number of H-pyrrole nitrogens is 1. The minimum atomic E-state index is -0.0711. The molecule has 29 heavy (non-hydrogen) atoms. The van der Waals surface area contributed by atoms with E-state index in [1.807, 2.05) is 17.6 Å². The molecule has 0 radical (unpaired) electrons. The van der Waals surface area contributed by atoms with E-state index in [2.05, 4.69) is 35.2 Å². The van der Waals surface area contributed by atoms with Crippen molar-refractivity contribution in [2.24, 2.45) is 0 Å². The summed E-state index contributed by atoms with van der Waals surface area (Å²) in [6.45, 7) is 0.551. The molecule has 1 saturated heterocycles. The number of hydrogen-bond acceptors (Lipinski definition) is 9. The fraction of sp³-hybridized carbons (Fsp3) is 0.368. The number of aromatic nitrogens is 5. The first-order chi connectivity index (χ1) is 14.3. The van der Waals surface area contributed by atoms with Crippen LogP contribution in [0.5, 0.6) is 5.88 Å². The highest BCUT2D eigenvalue weighted by molar-refractivity contribution is 7.17. The van der Waals surface area contributed by atoms with Gasteiger partial charge in [0.2, 0.25) is 5.88 Å². The van der Waals surface area contributed by atoms with Crippen LogP contribution in [0.4, 0.5) is 11.6 Å². The maximum atomic E-state index is 6.15. The van der Waals surface area contributed by atoms with Crippen molar-refractivity contribution < 1.29 is 9.47 Å². The summed E-state index contributed by atoms with van der Waals surface area (Å²) in [5.41, 5.74) is 4.93. The van der Waals surface area contributed by atoms with Crippen LogP contribution in [-0.2, 0) is 4.74 Å². The van der Waals surface area contributed by atoms with Crippen molar-refractivity contribution in [1.29, 1.82) is 0 Å². The van der Waals surface area contributed by atoms with Gasteiger partial charge < -0.3 is 14.8 Å². The van der Waals surface area contributed by atoms with Crippen LogP contribution in [0.3, 0.4) is 0 Å². The van der Waals surface area contributed by atoms with E-state index < -0.39 is 0 Å². The number of fused-ring (bicyclic) bond motifs is 1. The van der Waals surface area contributed by atoms with E-state index in [1.54, 1.807) is 17.5 Å². The summed E-state index contributed by atoms with van der Waals surface area (Å²) in [4.78, 5) is 8.73. The number of rotatable bonds is 6. The van der Waals surface area contributed by atoms with E-state index in [1.165, 1.54) is 29.9 Å². The second kappa shape index (κ2) is 7.05. The van der Waals surface area contributed by atoms with Gasteiger partial charge in [-0.15, -0.1) is 11.3 Å². The number of anilines is 2. The Morgan fingerprint density at radius 3 is 3.17 bits per heavy atom. The molecule has 2 fully saturated rings. The molecule has 1 saturated carbocycles. The third kappa shape index (κ3) is 3.37. The monoisotopic (exact) mass is 426 g/mol. The number of pyridine rings is 1. The topological polar surface area (TPSA) is 97.8 Å². The van der Waals surface area contributed by atoms with Crippen LogP contribution >= 0.6 is 22.9 Å². The zero-order valence-electron chi connectivity index (χ0n) is 15.4. The van der Waals surface area contributed by atoms with Crippen molar-refractivity contribution in [3.8, 4) is 5.88 Å². The standard InChI is InChI=1S/C19H18N6O2S2/c1-2-10(1)12-8-29-25-19(12)27-11-5-15(26-7-11)14-6-16(24-23-14)22-18-17-13(3-4-20-18)21-9-28-17/h3-4,6,8-11,15H,1-2,5,7H2,(H2,20,22,23,24)/t11-,15-/m0/s1. The zero-order valence-corrected chi connectivity index (χ0v) is 17.0. The lowest BCUT2D eigenvalue weighted by Crippen LogP contribution is -2.16. The van der Waals surface area contributed by atoms with Crippen molar-refractivity contribution >= 4 is 44.7 Å². The lowest BCUT2D eigenvalue weighted by Gasteiger charge is -2.11. The Morgan fingerprint density at radius 1 is 1.28 bits per heavy atom. The molecule has 0 amide bonds. The van der Waals surface area contributed by atoms with E-state index in [-0.39, 0.29) is 12.2 Å². The Balaban J connectivity index is 1.13. The number of hydrogen-bond donors (Lipinski definition) is 2. The van der Waals surface area contributed by atoms with E-state index in [4.69, 9.17) is 9.47 Å². The van der Waals surface area contributed by atoms with Crippen LogP contribution < -0.4 is 10.1 Å². The van der Waals surface area contributed by atoms with Crippen molar-refractivity contribution in [2.45, 2.75) is 37.4 Å². The number of ether oxygens (including phenoxy) is 2. The Morgan fingerprint density at radius 2 is 2.24 bits per heavy atom. The van der Waals surface area contributed by atoms with E-state index in [9.17, 15) is 0 Å². The van der Waals surface area contributed by atoms with Gasteiger partial charge in [-0.05, 0) is 36.4 Å². The van der Waals surface area contributed by atoms with E-state index >= 15 is 0 Å². The van der Waals surface area contributed by atoms with Crippen LogP contribution in [0, 0.1) is 0 Å². The molecule has 10 heteroatoms. The summed E-state index contributed by atoms with van der Waals surface area (Å²) < 4.78 is 17.6. The Kier molecular flexibility index (Phi) is 4.21. The molecule has 6 rings (SSSR count). The van der Waals surface area contributed by atoms with Crippen molar-refractivity contribution in [3.63, 3.8) is 0 Å². The molecular weight excluding hydrogens is 408 g/mol. The summed E-state index contributed by atoms with van der Waals surface area (Å²) in [6, 6.07) is 3.86. The maximum Gasteiger partial charge on any atom is 0.229 e. The molecule has 0 bridgehead atoms. The number of nitrogens with zero attached hydrogens (tertiary/aromatic N) is 4. The van der Waals surface area contributed by atoms with Crippen LogP contribution in [-0.4, -0.2) is 37.2 Å². The van der Waals surface area contributed by atoms with Gasteiger partial charge in [0.25, 0.3) is 0 Å². The lowest BCUT2D eigenvalue weighted by atomic mass is 10.1. The van der Waals surface area contributed by atoms with E-state index in [0.29, 0.717) is 18.3 Å². The molecule has 5 heterocycles. The third-order valence-corrected chi connectivity index (χ3v) is 6.73. The quantitative estimate of drug-likeness (QED) is 0.471. The molecule has 0 aromatic carbocycles. The van der Waals surface area contributed by atoms with Gasteiger partial charge in [-0.2, -0.15) is 9.47 Å². The first-order valence-electron chi connectivity index (χ1n) is 9.56. The minimum absolute atomic E-state index is 0.00640. The highest BCUT2D eigenvalue weighted by Gasteiger charge is 2.33. The second-order valence-electron chi connectivity index (χ2n) is 7.34. The molecule has 1 aliphatic carbocycles. The molecule has 4 aromatic heterocycles. The fourth-order valence-electron chi connectivity index (χ4n) is 3.61. The first kappa shape index (κ1) is 17.3.